The lowest BCUT2D eigenvalue weighted by Crippen LogP contribution is -2.29. The van der Waals surface area contributed by atoms with Gasteiger partial charge in [0, 0.05) is 29.4 Å². The van der Waals surface area contributed by atoms with E-state index in [1.807, 2.05) is 24.3 Å². The Morgan fingerprint density at radius 2 is 2.08 bits per heavy atom. The smallest absolute Gasteiger partial charge is 0.309 e. The fourth-order valence-electron chi connectivity index (χ4n) is 2.47. The molecule has 2 aromatic heterocycles. The molecular weight excluding hydrogens is 395 g/mol. The SMILES string of the molecule is C/C(Cl)=C/Cn1c(SCc2ccccc2Cl)nc2c1c(=O)[nH]c(=O)n2C. The zero-order valence-corrected chi connectivity index (χ0v) is 16.5. The molecule has 0 radical (unpaired) electrons. The summed E-state index contributed by atoms with van der Waals surface area (Å²) in [7, 11) is 1.57. The number of aryl methyl sites for hydroxylation is 1. The molecule has 1 N–H and O–H groups in total. The van der Waals surface area contributed by atoms with E-state index in [0.717, 1.165) is 5.56 Å². The summed E-state index contributed by atoms with van der Waals surface area (Å²) >= 11 is 13.6. The molecule has 26 heavy (non-hydrogen) atoms. The van der Waals surface area contributed by atoms with E-state index in [1.54, 1.807) is 24.6 Å². The summed E-state index contributed by atoms with van der Waals surface area (Å²) < 4.78 is 3.07. The zero-order chi connectivity index (χ0) is 18.8. The minimum Gasteiger partial charge on any atom is -0.309 e. The van der Waals surface area contributed by atoms with Gasteiger partial charge in [-0.05, 0) is 18.6 Å². The van der Waals surface area contributed by atoms with E-state index in [-0.39, 0.29) is 0 Å². The number of hydrogen-bond donors (Lipinski definition) is 1. The largest absolute Gasteiger partial charge is 0.329 e. The Balaban J connectivity index is 2.09. The summed E-state index contributed by atoms with van der Waals surface area (Å²) in [5, 5.41) is 1.89. The number of rotatable bonds is 5. The summed E-state index contributed by atoms with van der Waals surface area (Å²) in [6.07, 6.45) is 1.78. The molecule has 0 spiro atoms. The van der Waals surface area contributed by atoms with Gasteiger partial charge < -0.3 is 4.57 Å². The van der Waals surface area contributed by atoms with Gasteiger partial charge in [-0.15, -0.1) is 0 Å². The Morgan fingerprint density at radius 3 is 2.77 bits per heavy atom. The van der Waals surface area contributed by atoms with Crippen molar-refractivity contribution < 1.29 is 0 Å². The number of benzene rings is 1. The Kier molecular flexibility index (Phi) is 5.60. The number of fused-ring (bicyclic) bond motifs is 1. The third-order valence-electron chi connectivity index (χ3n) is 3.84. The minimum atomic E-state index is -0.501. The van der Waals surface area contributed by atoms with Gasteiger partial charge in [0.05, 0.1) is 0 Å². The molecule has 3 rings (SSSR count). The third-order valence-corrected chi connectivity index (χ3v) is 5.39. The van der Waals surface area contributed by atoms with Gasteiger partial charge in [-0.25, -0.2) is 9.78 Å². The van der Waals surface area contributed by atoms with Crippen molar-refractivity contribution in [2.45, 2.75) is 24.4 Å². The van der Waals surface area contributed by atoms with E-state index < -0.39 is 11.2 Å². The second-order valence-electron chi connectivity index (χ2n) is 5.67. The molecule has 9 heteroatoms. The first kappa shape index (κ1) is 18.8. The average Bonchev–Trinajstić information content (AvgIpc) is 2.96. The molecule has 0 bridgehead atoms. The molecule has 0 fully saturated rings. The van der Waals surface area contributed by atoms with Crippen LogP contribution >= 0.6 is 35.0 Å². The van der Waals surface area contributed by atoms with Gasteiger partial charge in [-0.1, -0.05) is 59.2 Å². The molecule has 0 unspecified atom stereocenters. The van der Waals surface area contributed by atoms with Crippen LogP contribution < -0.4 is 11.2 Å². The topological polar surface area (TPSA) is 72.7 Å². The molecule has 2 heterocycles. The van der Waals surface area contributed by atoms with Crippen molar-refractivity contribution in [3.8, 4) is 0 Å². The van der Waals surface area contributed by atoms with Crippen molar-refractivity contribution in [3.63, 3.8) is 0 Å². The summed E-state index contributed by atoms with van der Waals surface area (Å²) in [6, 6.07) is 7.55. The molecule has 0 saturated heterocycles. The van der Waals surface area contributed by atoms with E-state index in [4.69, 9.17) is 23.2 Å². The van der Waals surface area contributed by atoms with Gasteiger partial charge in [-0.3, -0.25) is 14.3 Å². The van der Waals surface area contributed by atoms with Gasteiger partial charge >= 0.3 is 5.69 Å². The van der Waals surface area contributed by atoms with Crippen molar-refractivity contribution in [1.82, 2.24) is 19.1 Å². The highest BCUT2D eigenvalue weighted by Crippen LogP contribution is 2.28. The Hall–Kier alpha value is -1.96. The number of allylic oxidation sites excluding steroid dienone is 2. The minimum absolute atomic E-state index is 0.334. The summed E-state index contributed by atoms with van der Waals surface area (Å²) in [5.74, 6) is 0.582. The van der Waals surface area contributed by atoms with Crippen LogP contribution in [0, 0.1) is 0 Å². The highest BCUT2D eigenvalue weighted by Gasteiger charge is 2.17. The lowest BCUT2D eigenvalue weighted by molar-refractivity contribution is 0.742. The second-order valence-corrected chi connectivity index (χ2v) is 7.61. The van der Waals surface area contributed by atoms with Crippen LogP contribution in [-0.2, 0) is 19.3 Å². The number of hydrogen-bond acceptors (Lipinski definition) is 4. The average molecular weight is 411 g/mol. The van der Waals surface area contributed by atoms with Gasteiger partial charge in [0.2, 0.25) is 0 Å². The number of halogens is 2. The van der Waals surface area contributed by atoms with Crippen LogP contribution in [-0.4, -0.2) is 19.1 Å². The molecule has 3 aromatic rings. The maximum atomic E-state index is 12.3. The van der Waals surface area contributed by atoms with E-state index in [9.17, 15) is 9.59 Å². The predicted molar refractivity (Wildman–Crippen MR) is 106 cm³/mol. The van der Waals surface area contributed by atoms with Gasteiger partial charge in [0.15, 0.2) is 16.3 Å². The standard InChI is InChI=1S/C17H16Cl2N4O2S/c1-10(18)7-8-23-13-14(22(2)16(25)21-15(13)24)20-17(23)26-9-11-5-3-4-6-12(11)19/h3-7H,8-9H2,1-2H3,(H,21,24,25)/b10-7-. The van der Waals surface area contributed by atoms with E-state index >= 15 is 0 Å². The maximum Gasteiger partial charge on any atom is 0.329 e. The van der Waals surface area contributed by atoms with E-state index in [0.29, 0.717) is 38.7 Å². The second kappa shape index (κ2) is 7.73. The monoisotopic (exact) mass is 410 g/mol. The Bertz CT molecular complexity index is 1110. The molecule has 0 aliphatic rings. The van der Waals surface area contributed by atoms with Crippen LogP contribution in [0.2, 0.25) is 5.02 Å². The van der Waals surface area contributed by atoms with Crippen LogP contribution in [0.3, 0.4) is 0 Å². The number of thioether (sulfide) groups is 1. The van der Waals surface area contributed by atoms with Crippen LogP contribution in [0.1, 0.15) is 12.5 Å². The normalized spacial score (nSPS) is 12.1. The van der Waals surface area contributed by atoms with Crippen molar-refractivity contribution in [2.75, 3.05) is 0 Å². The lowest BCUT2D eigenvalue weighted by atomic mass is 10.2. The summed E-state index contributed by atoms with van der Waals surface area (Å²) in [5.41, 5.74) is 0.660. The fourth-order valence-corrected chi connectivity index (χ4v) is 3.83. The van der Waals surface area contributed by atoms with Gasteiger partial charge in [0.1, 0.15) is 0 Å². The molecule has 0 amide bonds. The zero-order valence-electron chi connectivity index (χ0n) is 14.1. The highest BCUT2D eigenvalue weighted by atomic mass is 35.5. The molecule has 0 aliphatic heterocycles. The molecular formula is C17H16Cl2N4O2S. The third kappa shape index (κ3) is 3.75. The Labute approximate surface area is 163 Å². The molecule has 0 aliphatic carbocycles. The molecule has 0 atom stereocenters. The molecule has 136 valence electrons. The van der Waals surface area contributed by atoms with Crippen LogP contribution in [0.4, 0.5) is 0 Å². The first-order valence-electron chi connectivity index (χ1n) is 7.76. The first-order chi connectivity index (χ1) is 12.4. The molecule has 1 aromatic carbocycles. The van der Waals surface area contributed by atoms with Crippen LogP contribution in [0.25, 0.3) is 11.2 Å². The van der Waals surface area contributed by atoms with Crippen LogP contribution in [0.5, 0.6) is 0 Å². The fraction of sp³-hybridized carbons (Fsp3) is 0.235. The molecule has 6 nitrogen and oxygen atoms in total. The summed E-state index contributed by atoms with van der Waals surface area (Å²) in [4.78, 5) is 31.0. The molecule has 0 saturated carbocycles. The summed E-state index contributed by atoms with van der Waals surface area (Å²) in [6.45, 7) is 2.13. The van der Waals surface area contributed by atoms with Crippen molar-refractivity contribution in [2.24, 2.45) is 7.05 Å². The van der Waals surface area contributed by atoms with E-state index in [2.05, 4.69) is 9.97 Å². The van der Waals surface area contributed by atoms with Crippen molar-refractivity contribution in [1.29, 1.82) is 0 Å². The van der Waals surface area contributed by atoms with Crippen LogP contribution in [0.15, 0.2) is 50.1 Å². The lowest BCUT2D eigenvalue weighted by Gasteiger charge is -2.07. The van der Waals surface area contributed by atoms with Crippen molar-refractivity contribution >= 4 is 46.1 Å². The quantitative estimate of drug-likeness (QED) is 0.653. The van der Waals surface area contributed by atoms with E-state index in [1.165, 1.54) is 16.3 Å². The van der Waals surface area contributed by atoms with Crippen molar-refractivity contribution in [3.05, 3.63) is 66.8 Å². The highest BCUT2D eigenvalue weighted by molar-refractivity contribution is 7.98. The number of nitrogens with zero attached hydrogens (tertiary/aromatic N) is 3. The number of aromatic amines is 1. The predicted octanol–water partition coefficient (Wildman–Crippen LogP) is 3.51. The number of nitrogens with one attached hydrogen (secondary N) is 1. The Morgan fingerprint density at radius 1 is 1.35 bits per heavy atom. The number of aromatic nitrogens is 4. The maximum absolute atomic E-state index is 12.3. The number of imidazole rings is 1. The van der Waals surface area contributed by atoms with Gasteiger partial charge in [0.25, 0.3) is 5.56 Å². The number of H-pyrrole nitrogens is 1. The first-order valence-corrected chi connectivity index (χ1v) is 9.50. The van der Waals surface area contributed by atoms with Gasteiger partial charge in [-0.2, -0.15) is 0 Å².